The zero-order valence-corrected chi connectivity index (χ0v) is 15.2. The van der Waals surface area contributed by atoms with Crippen LogP contribution in [0.15, 0.2) is 12.7 Å². The summed E-state index contributed by atoms with van der Waals surface area (Å²) in [4.78, 5) is 10.9. The van der Waals surface area contributed by atoms with Crippen LogP contribution in [0.1, 0.15) is 97.3 Å². The number of rotatable bonds is 16. The Labute approximate surface area is 139 Å². The van der Waals surface area contributed by atoms with Gasteiger partial charge in [0, 0.05) is 6.54 Å². The van der Waals surface area contributed by atoms with Gasteiger partial charge in [0.1, 0.15) is 0 Å². The average Bonchev–Trinajstić information content (AvgIpc) is 2.50. The second-order valence-electron chi connectivity index (χ2n) is 6.92. The number of hydrogen-bond acceptors (Lipinski definition) is 1. The molecule has 0 aliphatic heterocycles. The van der Waals surface area contributed by atoms with Crippen LogP contribution in [0.2, 0.25) is 0 Å². The fourth-order valence-corrected chi connectivity index (χ4v) is 2.73. The molecule has 1 N–H and O–H groups in total. The Bertz CT molecular complexity index is 260. The smallest absolute Gasteiger partial charge is 0.243 e. The lowest BCUT2D eigenvalue weighted by Gasteiger charge is -2.05. The van der Waals surface area contributed by atoms with Gasteiger partial charge in [0.2, 0.25) is 5.91 Å². The molecule has 0 spiro atoms. The van der Waals surface area contributed by atoms with E-state index in [1.54, 1.807) is 0 Å². The van der Waals surface area contributed by atoms with E-state index in [9.17, 15) is 4.79 Å². The summed E-state index contributed by atoms with van der Waals surface area (Å²) in [6, 6.07) is 0. The van der Waals surface area contributed by atoms with E-state index >= 15 is 0 Å². The van der Waals surface area contributed by atoms with Gasteiger partial charge in [-0.05, 0) is 18.4 Å². The molecule has 0 rings (SSSR count). The van der Waals surface area contributed by atoms with Crippen LogP contribution in [0.25, 0.3) is 0 Å². The van der Waals surface area contributed by atoms with E-state index in [1.807, 2.05) is 0 Å². The van der Waals surface area contributed by atoms with Crippen LogP contribution < -0.4 is 5.32 Å². The zero-order valence-electron chi connectivity index (χ0n) is 15.2. The van der Waals surface area contributed by atoms with E-state index in [1.165, 1.54) is 83.1 Å². The largest absolute Gasteiger partial charge is 0.353 e. The number of carbonyl (C=O) groups excluding carboxylic acids is 1. The first kappa shape index (κ1) is 21.2. The number of nitrogens with one attached hydrogen (secondary N) is 1. The molecule has 2 heteroatoms. The third-order valence-electron chi connectivity index (χ3n) is 4.19. The Hall–Kier alpha value is -0.790. The van der Waals surface area contributed by atoms with Gasteiger partial charge in [-0.3, -0.25) is 4.79 Å². The molecule has 0 heterocycles. The summed E-state index contributed by atoms with van der Waals surface area (Å²) in [5.74, 6) is 0.822. The monoisotopic (exact) mass is 309 g/mol. The summed E-state index contributed by atoms with van der Waals surface area (Å²) in [5.41, 5.74) is 0. The number of unbranched alkanes of at least 4 members (excludes halogenated alkanes) is 11. The molecule has 0 saturated heterocycles. The van der Waals surface area contributed by atoms with Crippen LogP contribution >= 0.6 is 0 Å². The molecule has 22 heavy (non-hydrogen) atoms. The lowest BCUT2D eigenvalue weighted by atomic mass is 10.0. The Balaban J connectivity index is 3.02. The SMILES string of the molecule is C=CC(=O)NCCCCCCCCCCCCCCC(C)C. The highest BCUT2D eigenvalue weighted by atomic mass is 16.1. The Morgan fingerprint density at radius 3 is 1.64 bits per heavy atom. The van der Waals surface area contributed by atoms with E-state index in [0.29, 0.717) is 0 Å². The summed E-state index contributed by atoms with van der Waals surface area (Å²) in [6.07, 6.45) is 19.1. The van der Waals surface area contributed by atoms with Crippen LogP contribution in [0, 0.1) is 5.92 Å². The Kier molecular flexibility index (Phi) is 16.0. The fourth-order valence-electron chi connectivity index (χ4n) is 2.73. The molecule has 0 bridgehead atoms. The quantitative estimate of drug-likeness (QED) is 0.274. The highest BCUT2D eigenvalue weighted by Crippen LogP contribution is 2.13. The third-order valence-corrected chi connectivity index (χ3v) is 4.19. The average molecular weight is 310 g/mol. The predicted molar refractivity (Wildman–Crippen MR) is 98.1 cm³/mol. The van der Waals surface area contributed by atoms with Gasteiger partial charge in [0.25, 0.3) is 0 Å². The summed E-state index contributed by atoms with van der Waals surface area (Å²) >= 11 is 0. The van der Waals surface area contributed by atoms with Crippen molar-refractivity contribution in [2.45, 2.75) is 97.3 Å². The molecule has 0 aromatic carbocycles. The molecule has 0 saturated carbocycles. The molecule has 2 nitrogen and oxygen atoms in total. The first-order valence-corrected chi connectivity index (χ1v) is 9.57. The zero-order chi connectivity index (χ0) is 16.5. The second-order valence-corrected chi connectivity index (χ2v) is 6.92. The van der Waals surface area contributed by atoms with Crippen molar-refractivity contribution in [3.05, 3.63) is 12.7 Å². The Morgan fingerprint density at radius 1 is 0.818 bits per heavy atom. The molecule has 0 fully saturated rings. The highest BCUT2D eigenvalue weighted by Gasteiger charge is 1.96. The predicted octanol–water partition coefficient (Wildman–Crippen LogP) is 6.02. The second kappa shape index (κ2) is 16.6. The van der Waals surface area contributed by atoms with Crippen LogP contribution in [0.5, 0.6) is 0 Å². The summed E-state index contributed by atoms with van der Waals surface area (Å²) in [7, 11) is 0. The van der Waals surface area contributed by atoms with Gasteiger partial charge in [0.05, 0.1) is 0 Å². The van der Waals surface area contributed by atoms with E-state index in [0.717, 1.165) is 18.9 Å². The van der Waals surface area contributed by atoms with Gasteiger partial charge in [-0.1, -0.05) is 97.5 Å². The topological polar surface area (TPSA) is 29.1 Å². The van der Waals surface area contributed by atoms with Crippen molar-refractivity contribution in [1.29, 1.82) is 0 Å². The van der Waals surface area contributed by atoms with Crippen molar-refractivity contribution < 1.29 is 4.79 Å². The van der Waals surface area contributed by atoms with E-state index < -0.39 is 0 Å². The van der Waals surface area contributed by atoms with Crippen LogP contribution in [-0.2, 0) is 4.79 Å². The third kappa shape index (κ3) is 17.3. The molecule has 0 atom stereocenters. The number of amides is 1. The first-order chi connectivity index (χ1) is 10.7. The van der Waals surface area contributed by atoms with E-state index in [4.69, 9.17) is 0 Å². The van der Waals surface area contributed by atoms with Gasteiger partial charge in [0.15, 0.2) is 0 Å². The molecular weight excluding hydrogens is 270 g/mol. The van der Waals surface area contributed by atoms with Gasteiger partial charge < -0.3 is 5.32 Å². The molecule has 130 valence electrons. The molecule has 0 unspecified atom stereocenters. The van der Waals surface area contributed by atoms with Gasteiger partial charge in [-0.25, -0.2) is 0 Å². The van der Waals surface area contributed by atoms with Crippen molar-refractivity contribution in [3.63, 3.8) is 0 Å². The molecule has 0 aromatic heterocycles. The molecule has 0 radical (unpaired) electrons. The maximum absolute atomic E-state index is 10.9. The molecule has 0 aliphatic carbocycles. The van der Waals surface area contributed by atoms with Crippen LogP contribution in [0.3, 0.4) is 0 Å². The van der Waals surface area contributed by atoms with Crippen LogP contribution in [-0.4, -0.2) is 12.5 Å². The minimum absolute atomic E-state index is 0.0517. The number of hydrogen-bond donors (Lipinski definition) is 1. The van der Waals surface area contributed by atoms with Crippen molar-refractivity contribution in [2.24, 2.45) is 5.92 Å². The van der Waals surface area contributed by atoms with Crippen LogP contribution in [0.4, 0.5) is 0 Å². The fraction of sp³-hybridized carbons (Fsp3) is 0.850. The molecular formula is C20H39NO. The van der Waals surface area contributed by atoms with Crippen molar-refractivity contribution in [3.8, 4) is 0 Å². The van der Waals surface area contributed by atoms with Crippen molar-refractivity contribution in [2.75, 3.05) is 6.54 Å². The maximum Gasteiger partial charge on any atom is 0.243 e. The van der Waals surface area contributed by atoms with Gasteiger partial charge in [-0.2, -0.15) is 0 Å². The van der Waals surface area contributed by atoms with E-state index in [2.05, 4.69) is 25.7 Å². The summed E-state index contributed by atoms with van der Waals surface area (Å²) in [5, 5.41) is 2.82. The van der Waals surface area contributed by atoms with Gasteiger partial charge >= 0.3 is 0 Å². The lowest BCUT2D eigenvalue weighted by molar-refractivity contribution is -0.116. The number of carbonyl (C=O) groups is 1. The lowest BCUT2D eigenvalue weighted by Crippen LogP contribution is -2.21. The van der Waals surface area contributed by atoms with Crippen molar-refractivity contribution in [1.82, 2.24) is 5.32 Å². The Morgan fingerprint density at radius 2 is 1.23 bits per heavy atom. The normalized spacial score (nSPS) is 10.9. The molecule has 0 aromatic rings. The minimum atomic E-state index is -0.0517. The summed E-state index contributed by atoms with van der Waals surface area (Å²) < 4.78 is 0. The molecule has 0 aliphatic rings. The molecule has 1 amide bonds. The standard InChI is InChI=1S/C20H39NO/c1-4-20(22)21-18-16-14-12-10-8-6-5-7-9-11-13-15-17-19(2)3/h4,19H,1,5-18H2,2-3H3,(H,21,22). The summed E-state index contributed by atoms with van der Waals surface area (Å²) in [6.45, 7) is 8.87. The van der Waals surface area contributed by atoms with Crippen molar-refractivity contribution >= 4 is 5.91 Å². The highest BCUT2D eigenvalue weighted by molar-refractivity contribution is 5.86. The first-order valence-electron chi connectivity index (χ1n) is 9.57. The maximum atomic E-state index is 10.9. The van der Waals surface area contributed by atoms with E-state index in [-0.39, 0.29) is 5.91 Å². The van der Waals surface area contributed by atoms with Gasteiger partial charge in [-0.15, -0.1) is 0 Å². The minimum Gasteiger partial charge on any atom is -0.353 e.